The first-order chi connectivity index (χ1) is 9.41. The van der Waals surface area contributed by atoms with Crippen molar-refractivity contribution in [3.63, 3.8) is 0 Å². The van der Waals surface area contributed by atoms with Crippen LogP contribution in [0.1, 0.15) is 31.4 Å². The van der Waals surface area contributed by atoms with E-state index in [0.717, 1.165) is 5.56 Å². The maximum absolute atomic E-state index is 10.6. The van der Waals surface area contributed by atoms with E-state index < -0.39 is 5.60 Å². The van der Waals surface area contributed by atoms with Crippen molar-refractivity contribution in [2.24, 2.45) is 12.8 Å². The molecule has 0 aliphatic carbocycles. The quantitative estimate of drug-likeness (QED) is 0.811. The molecule has 1 saturated heterocycles. The topological polar surface area (TPSA) is 76.5 Å². The van der Waals surface area contributed by atoms with E-state index in [4.69, 9.17) is 10.5 Å². The number of nitrogens with two attached hydrogens (primary N) is 1. The molecule has 6 nitrogen and oxygen atoms in total. The fourth-order valence-electron chi connectivity index (χ4n) is 3.02. The summed E-state index contributed by atoms with van der Waals surface area (Å²) in [5.74, 6) is 0. The van der Waals surface area contributed by atoms with Crippen molar-refractivity contribution in [2.45, 2.75) is 37.5 Å². The Bertz CT molecular complexity index is 427. The van der Waals surface area contributed by atoms with Gasteiger partial charge in [0.2, 0.25) is 0 Å². The molecule has 0 spiro atoms. The van der Waals surface area contributed by atoms with Crippen LogP contribution in [0.25, 0.3) is 0 Å². The molecule has 2 atom stereocenters. The van der Waals surface area contributed by atoms with Gasteiger partial charge in [-0.2, -0.15) is 5.10 Å². The Kier molecular flexibility index (Phi) is 4.80. The number of ether oxygens (including phenoxy) is 1. The molecule has 0 aromatic carbocycles. The number of nitrogens with zero attached hydrogens (tertiary/aromatic N) is 3. The Morgan fingerprint density at radius 2 is 2.20 bits per heavy atom. The van der Waals surface area contributed by atoms with E-state index in [-0.39, 0.29) is 12.1 Å². The van der Waals surface area contributed by atoms with Crippen LogP contribution in [0.5, 0.6) is 0 Å². The van der Waals surface area contributed by atoms with Gasteiger partial charge in [0.05, 0.1) is 17.8 Å². The van der Waals surface area contributed by atoms with Gasteiger partial charge in [-0.25, -0.2) is 0 Å². The highest BCUT2D eigenvalue weighted by Gasteiger charge is 2.34. The Morgan fingerprint density at radius 1 is 1.55 bits per heavy atom. The van der Waals surface area contributed by atoms with E-state index in [2.05, 4.69) is 10.00 Å². The smallest absolute Gasteiger partial charge is 0.0818 e. The van der Waals surface area contributed by atoms with Crippen LogP contribution in [0.15, 0.2) is 12.4 Å². The highest BCUT2D eigenvalue weighted by Crippen LogP contribution is 2.27. The molecular formula is C14H26N4O2. The number of hydrogen-bond acceptors (Lipinski definition) is 5. The molecule has 1 aliphatic heterocycles. The second kappa shape index (κ2) is 6.22. The molecular weight excluding hydrogens is 256 g/mol. The molecule has 1 fully saturated rings. The van der Waals surface area contributed by atoms with Crippen LogP contribution >= 0.6 is 0 Å². The van der Waals surface area contributed by atoms with Crippen LogP contribution in [-0.4, -0.2) is 58.2 Å². The number of likely N-dealkylation sites (N-methyl/N-ethyl adjacent to an activating group) is 1. The average molecular weight is 282 g/mol. The van der Waals surface area contributed by atoms with Gasteiger partial charge in [0.15, 0.2) is 0 Å². The summed E-state index contributed by atoms with van der Waals surface area (Å²) >= 11 is 0. The van der Waals surface area contributed by atoms with Crippen LogP contribution in [0.3, 0.4) is 0 Å². The lowest BCUT2D eigenvalue weighted by Gasteiger charge is -2.39. The molecule has 6 heteroatoms. The maximum atomic E-state index is 10.6. The number of aryl methyl sites for hydroxylation is 1. The van der Waals surface area contributed by atoms with Gasteiger partial charge in [-0.1, -0.05) is 0 Å². The highest BCUT2D eigenvalue weighted by molar-refractivity contribution is 5.13. The number of aliphatic hydroxyl groups is 1. The van der Waals surface area contributed by atoms with Gasteiger partial charge in [0.1, 0.15) is 0 Å². The molecule has 2 unspecified atom stereocenters. The summed E-state index contributed by atoms with van der Waals surface area (Å²) in [7, 11) is 3.90. The van der Waals surface area contributed by atoms with Gasteiger partial charge >= 0.3 is 0 Å². The zero-order valence-corrected chi connectivity index (χ0v) is 12.6. The highest BCUT2D eigenvalue weighted by atomic mass is 16.5. The largest absolute Gasteiger partial charge is 0.388 e. The standard InChI is InChI=1S/C14H26N4O2/c1-11(15)13(12-8-16-18(3)9-12)17(2)10-14(19)4-6-20-7-5-14/h8-9,11,13,19H,4-7,10,15H2,1-3H3. The second-order valence-corrected chi connectivity index (χ2v) is 6.00. The van der Waals surface area contributed by atoms with Crippen molar-refractivity contribution in [1.82, 2.24) is 14.7 Å². The first-order valence-electron chi connectivity index (χ1n) is 7.16. The minimum Gasteiger partial charge on any atom is -0.388 e. The molecule has 2 heterocycles. The van der Waals surface area contributed by atoms with Crippen molar-refractivity contribution in [3.8, 4) is 0 Å². The number of hydrogen-bond donors (Lipinski definition) is 2. The fraction of sp³-hybridized carbons (Fsp3) is 0.786. The normalized spacial score (nSPS) is 21.9. The van der Waals surface area contributed by atoms with Crippen LogP contribution in [-0.2, 0) is 11.8 Å². The Labute approximate surface area is 120 Å². The van der Waals surface area contributed by atoms with Gasteiger partial charge in [-0.3, -0.25) is 9.58 Å². The molecule has 0 radical (unpaired) electrons. The average Bonchev–Trinajstić information content (AvgIpc) is 2.75. The number of rotatable bonds is 5. The summed E-state index contributed by atoms with van der Waals surface area (Å²) in [6.07, 6.45) is 5.18. The summed E-state index contributed by atoms with van der Waals surface area (Å²) < 4.78 is 7.11. The van der Waals surface area contributed by atoms with Gasteiger partial charge in [-0.05, 0) is 14.0 Å². The third-order valence-electron chi connectivity index (χ3n) is 4.01. The molecule has 114 valence electrons. The van der Waals surface area contributed by atoms with Gasteiger partial charge in [0.25, 0.3) is 0 Å². The Hall–Kier alpha value is -0.950. The van der Waals surface area contributed by atoms with Crippen molar-refractivity contribution >= 4 is 0 Å². The first-order valence-corrected chi connectivity index (χ1v) is 7.16. The van der Waals surface area contributed by atoms with Gasteiger partial charge < -0.3 is 15.6 Å². The third kappa shape index (κ3) is 3.58. The van der Waals surface area contributed by atoms with Crippen LogP contribution in [0.4, 0.5) is 0 Å². The zero-order valence-electron chi connectivity index (χ0n) is 12.6. The monoisotopic (exact) mass is 282 g/mol. The predicted molar refractivity (Wildman–Crippen MR) is 77.2 cm³/mol. The molecule has 20 heavy (non-hydrogen) atoms. The Balaban J connectivity index is 2.09. The molecule has 0 bridgehead atoms. The summed E-state index contributed by atoms with van der Waals surface area (Å²) in [5.41, 5.74) is 6.55. The van der Waals surface area contributed by atoms with E-state index in [0.29, 0.717) is 32.6 Å². The predicted octanol–water partition coefficient (Wildman–Crippen LogP) is 0.282. The van der Waals surface area contributed by atoms with Crippen LogP contribution in [0, 0.1) is 0 Å². The van der Waals surface area contributed by atoms with Gasteiger partial charge in [0, 0.05) is 57.4 Å². The number of aromatic nitrogens is 2. The maximum Gasteiger partial charge on any atom is 0.0818 e. The molecule has 1 aromatic heterocycles. The Morgan fingerprint density at radius 3 is 2.70 bits per heavy atom. The second-order valence-electron chi connectivity index (χ2n) is 6.00. The molecule has 0 amide bonds. The van der Waals surface area contributed by atoms with E-state index in [9.17, 15) is 5.11 Å². The summed E-state index contributed by atoms with van der Waals surface area (Å²) in [4.78, 5) is 2.13. The molecule has 1 aliphatic rings. The zero-order chi connectivity index (χ0) is 14.8. The van der Waals surface area contributed by atoms with E-state index >= 15 is 0 Å². The SMILES string of the molecule is CC(N)C(c1cnn(C)c1)N(C)CC1(O)CCOCC1. The van der Waals surface area contributed by atoms with Crippen molar-refractivity contribution in [1.29, 1.82) is 0 Å². The van der Waals surface area contributed by atoms with Crippen molar-refractivity contribution in [2.75, 3.05) is 26.8 Å². The van der Waals surface area contributed by atoms with Crippen LogP contribution < -0.4 is 5.73 Å². The summed E-state index contributed by atoms with van der Waals surface area (Å²) in [6.45, 7) is 3.83. The van der Waals surface area contributed by atoms with Crippen molar-refractivity contribution < 1.29 is 9.84 Å². The summed E-state index contributed by atoms with van der Waals surface area (Å²) in [6, 6.07) is 0.0169. The lowest BCUT2D eigenvalue weighted by molar-refractivity contribution is -0.0824. The van der Waals surface area contributed by atoms with Gasteiger partial charge in [-0.15, -0.1) is 0 Å². The molecule has 3 N–H and O–H groups in total. The van der Waals surface area contributed by atoms with Crippen molar-refractivity contribution in [3.05, 3.63) is 18.0 Å². The molecule has 2 rings (SSSR count). The third-order valence-corrected chi connectivity index (χ3v) is 4.01. The summed E-state index contributed by atoms with van der Waals surface area (Å²) in [5, 5.41) is 14.9. The van der Waals surface area contributed by atoms with E-state index in [1.807, 2.05) is 33.4 Å². The molecule has 0 saturated carbocycles. The van der Waals surface area contributed by atoms with E-state index in [1.54, 1.807) is 4.68 Å². The molecule has 1 aromatic rings. The minimum atomic E-state index is -0.678. The first kappa shape index (κ1) is 15.4. The lowest BCUT2D eigenvalue weighted by atomic mass is 9.92. The fourth-order valence-corrected chi connectivity index (χ4v) is 3.02. The van der Waals surface area contributed by atoms with E-state index in [1.165, 1.54) is 0 Å². The lowest BCUT2D eigenvalue weighted by Crippen LogP contribution is -2.49. The van der Waals surface area contributed by atoms with Crippen LogP contribution in [0.2, 0.25) is 0 Å². The minimum absolute atomic E-state index is 0.0346.